The number of amides is 1. The van der Waals surface area contributed by atoms with E-state index in [2.05, 4.69) is 14.6 Å². The maximum Gasteiger partial charge on any atom is 0.240 e. The zero-order valence-corrected chi connectivity index (χ0v) is 24.0. The van der Waals surface area contributed by atoms with E-state index in [-0.39, 0.29) is 17.3 Å². The minimum atomic E-state index is -3.80. The van der Waals surface area contributed by atoms with Gasteiger partial charge in [-0.2, -0.15) is 0 Å². The molecule has 2 aliphatic heterocycles. The number of likely N-dealkylation sites (tertiary alicyclic amines) is 1. The molecule has 0 aliphatic carbocycles. The normalized spacial score (nSPS) is 18.5. The number of pyridine rings is 1. The molecule has 1 atom stereocenters. The molecule has 1 spiro atoms. The number of nitrogens with zero attached hydrogens (tertiary/aromatic N) is 4. The van der Waals surface area contributed by atoms with Crippen molar-refractivity contribution in [2.24, 2.45) is 0 Å². The van der Waals surface area contributed by atoms with Crippen LogP contribution in [0.1, 0.15) is 24.5 Å². The third-order valence-corrected chi connectivity index (χ3v) is 10.1. The van der Waals surface area contributed by atoms with Crippen molar-refractivity contribution in [3.63, 3.8) is 0 Å². The predicted molar refractivity (Wildman–Crippen MR) is 153 cm³/mol. The number of hydrogen-bond acceptors (Lipinski definition) is 9. The van der Waals surface area contributed by atoms with Crippen molar-refractivity contribution in [1.82, 2.24) is 19.6 Å². The highest BCUT2D eigenvalue weighted by Crippen LogP contribution is 2.50. The van der Waals surface area contributed by atoms with E-state index in [4.69, 9.17) is 14.5 Å². The number of ether oxygens (including phenoxy) is 2. The first-order valence-corrected chi connectivity index (χ1v) is 15.1. The summed E-state index contributed by atoms with van der Waals surface area (Å²) in [6.07, 6.45) is 0.732. The Labute approximate surface area is 236 Å². The van der Waals surface area contributed by atoms with E-state index in [0.717, 1.165) is 38.7 Å². The highest BCUT2D eigenvalue weighted by molar-refractivity contribution is 7.89. The molecule has 4 heterocycles. The summed E-state index contributed by atoms with van der Waals surface area (Å²) in [6.45, 7) is 3.45. The van der Waals surface area contributed by atoms with Crippen LogP contribution in [0.5, 0.6) is 11.6 Å². The van der Waals surface area contributed by atoms with Crippen LogP contribution >= 0.6 is 11.3 Å². The van der Waals surface area contributed by atoms with Gasteiger partial charge in [0.25, 0.3) is 0 Å². The number of fused-ring (bicyclic) bond motifs is 3. The van der Waals surface area contributed by atoms with Gasteiger partial charge in [0.05, 0.1) is 19.1 Å². The van der Waals surface area contributed by atoms with Crippen LogP contribution in [-0.4, -0.2) is 63.0 Å². The van der Waals surface area contributed by atoms with E-state index in [1.165, 1.54) is 11.3 Å². The van der Waals surface area contributed by atoms with E-state index in [9.17, 15) is 13.2 Å². The lowest BCUT2D eigenvalue weighted by Gasteiger charge is -2.25. The fraction of sp³-hybridized carbons (Fsp3) is 0.321. The SMILES string of the molecule is COc1ccc(CNS(=O)(=O)c2ccc3c(c2)C2(CCN(C(C)=O)C2)CN3c2nc3ccc(OC)nc3s2)cc1. The molecule has 2 aromatic carbocycles. The first-order chi connectivity index (χ1) is 19.2. The van der Waals surface area contributed by atoms with Gasteiger partial charge in [0.15, 0.2) is 5.13 Å². The third kappa shape index (κ3) is 4.65. The number of sulfonamides is 1. The van der Waals surface area contributed by atoms with E-state index in [1.807, 2.05) is 29.2 Å². The van der Waals surface area contributed by atoms with E-state index in [1.54, 1.807) is 51.5 Å². The summed E-state index contributed by atoms with van der Waals surface area (Å²) in [5, 5.41) is 0.767. The molecule has 12 heteroatoms. The first kappa shape index (κ1) is 26.5. The van der Waals surface area contributed by atoms with Crippen LogP contribution in [0.4, 0.5) is 10.8 Å². The molecule has 0 saturated carbocycles. The molecular weight excluding hydrogens is 550 g/mol. The molecule has 1 fully saturated rings. The molecule has 6 rings (SSSR count). The number of anilines is 2. The molecule has 208 valence electrons. The molecule has 0 bridgehead atoms. The fourth-order valence-corrected chi connectivity index (χ4v) is 7.49. The van der Waals surface area contributed by atoms with Gasteiger partial charge in [0, 0.05) is 50.3 Å². The second-order valence-electron chi connectivity index (χ2n) is 10.1. The van der Waals surface area contributed by atoms with Crippen molar-refractivity contribution >= 4 is 48.4 Å². The molecule has 1 amide bonds. The van der Waals surface area contributed by atoms with Gasteiger partial charge in [0.2, 0.25) is 21.8 Å². The summed E-state index contributed by atoms with van der Waals surface area (Å²) >= 11 is 1.46. The number of benzene rings is 2. The Balaban J connectivity index is 1.35. The number of rotatable bonds is 7. The largest absolute Gasteiger partial charge is 0.497 e. The Morgan fingerprint density at radius 3 is 2.55 bits per heavy atom. The topological polar surface area (TPSA) is 114 Å². The molecule has 4 aromatic rings. The highest BCUT2D eigenvalue weighted by atomic mass is 32.2. The number of hydrogen-bond donors (Lipinski definition) is 1. The fourth-order valence-electron chi connectivity index (χ4n) is 5.50. The lowest BCUT2D eigenvalue weighted by Crippen LogP contribution is -2.36. The van der Waals surface area contributed by atoms with Gasteiger partial charge in [0.1, 0.15) is 16.1 Å². The minimum absolute atomic E-state index is 0.0121. The summed E-state index contributed by atoms with van der Waals surface area (Å²) in [7, 11) is -0.633. The molecule has 10 nitrogen and oxygen atoms in total. The minimum Gasteiger partial charge on any atom is -0.497 e. The molecule has 1 unspecified atom stereocenters. The number of carbonyl (C=O) groups is 1. The van der Waals surface area contributed by atoms with Crippen LogP contribution in [0.3, 0.4) is 0 Å². The quantitative estimate of drug-likeness (QED) is 0.352. The van der Waals surface area contributed by atoms with Crippen molar-refractivity contribution in [3.8, 4) is 11.6 Å². The third-order valence-electron chi connectivity index (χ3n) is 7.68. The molecule has 0 radical (unpaired) electrons. The second kappa shape index (κ2) is 10.0. The number of carbonyl (C=O) groups excluding carboxylic acids is 1. The smallest absolute Gasteiger partial charge is 0.240 e. The number of methoxy groups -OCH3 is 2. The molecule has 1 saturated heterocycles. The van der Waals surface area contributed by atoms with Crippen LogP contribution in [0, 0.1) is 0 Å². The zero-order valence-electron chi connectivity index (χ0n) is 22.4. The lowest BCUT2D eigenvalue weighted by molar-refractivity contribution is -0.127. The van der Waals surface area contributed by atoms with E-state index in [0.29, 0.717) is 31.3 Å². The number of aromatic nitrogens is 2. The maximum absolute atomic E-state index is 13.4. The van der Waals surface area contributed by atoms with E-state index >= 15 is 0 Å². The maximum atomic E-state index is 13.4. The molecular formula is C28H29N5O5S2. The Kier molecular flexibility index (Phi) is 6.64. The molecule has 1 N–H and O–H groups in total. The Bertz CT molecular complexity index is 1710. The lowest BCUT2D eigenvalue weighted by atomic mass is 9.81. The summed E-state index contributed by atoms with van der Waals surface area (Å²) in [5.74, 6) is 1.24. The zero-order chi connectivity index (χ0) is 28.1. The van der Waals surface area contributed by atoms with Gasteiger partial charge >= 0.3 is 0 Å². The van der Waals surface area contributed by atoms with Gasteiger partial charge in [-0.3, -0.25) is 4.79 Å². The van der Waals surface area contributed by atoms with Gasteiger partial charge in [-0.25, -0.2) is 23.1 Å². The predicted octanol–water partition coefficient (Wildman–Crippen LogP) is 3.83. The molecule has 2 aromatic heterocycles. The summed E-state index contributed by atoms with van der Waals surface area (Å²) < 4.78 is 40.0. The van der Waals surface area contributed by atoms with Crippen molar-refractivity contribution in [3.05, 3.63) is 65.7 Å². The molecule has 2 aliphatic rings. The van der Waals surface area contributed by atoms with Crippen molar-refractivity contribution < 1.29 is 22.7 Å². The van der Waals surface area contributed by atoms with Crippen LogP contribution in [-0.2, 0) is 26.8 Å². The average molecular weight is 580 g/mol. The summed E-state index contributed by atoms with van der Waals surface area (Å²) in [6, 6.07) is 16.2. The van der Waals surface area contributed by atoms with Gasteiger partial charge < -0.3 is 19.3 Å². The van der Waals surface area contributed by atoms with Gasteiger partial charge in [-0.1, -0.05) is 23.5 Å². The number of nitrogens with one attached hydrogen (secondary N) is 1. The summed E-state index contributed by atoms with van der Waals surface area (Å²) in [4.78, 5) is 26.6. The van der Waals surface area contributed by atoms with Crippen LogP contribution in [0.25, 0.3) is 10.3 Å². The van der Waals surface area contributed by atoms with Gasteiger partial charge in [-0.15, -0.1) is 0 Å². The standard InChI is InChI=1S/C28H29N5O5S2/c1-18(34)32-13-12-28(16-32)17-33(27-30-23-9-11-25(38-3)31-26(23)39-27)24-10-8-21(14-22(24)28)40(35,36)29-15-19-4-6-20(37-2)7-5-19/h4-11,14,29H,12-13,15-17H2,1-3H3. The van der Waals surface area contributed by atoms with Crippen LogP contribution < -0.4 is 19.1 Å². The molecule has 40 heavy (non-hydrogen) atoms. The summed E-state index contributed by atoms with van der Waals surface area (Å²) in [5.41, 5.74) is 2.98. The monoisotopic (exact) mass is 579 g/mol. The highest BCUT2D eigenvalue weighted by Gasteiger charge is 2.49. The van der Waals surface area contributed by atoms with Crippen molar-refractivity contribution in [1.29, 1.82) is 0 Å². The van der Waals surface area contributed by atoms with Crippen molar-refractivity contribution in [2.45, 2.75) is 30.2 Å². The Morgan fingerprint density at radius 2 is 1.85 bits per heavy atom. The van der Waals surface area contributed by atoms with Crippen LogP contribution in [0.2, 0.25) is 0 Å². The Morgan fingerprint density at radius 1 is 1.05 bits per heavy atom. The van der Waals surface area contributed by atoms with Gasteiger partial charge in [-0.05, 0) is 53.9 Å². The van der Waals surface area contributed by atoms with Crippen LogP contribution in [0.15, 0.2) is 59.5 Å². The average Bonchev–Trinajstić information content (AvgIpc) is 3.67. The van der Waals surface area contributed by atoms with E-state index < -0.39 is 15.4 Å². The number of thiazole rings is 1. The Hall–Kier alpha value is -3.74. The second-order valence-corrected chi connectivity index (χ2v) is 12.8. The van der Waals surface area contributed by atoms with Crippen molar-refractivity contribution in [2.75, 3.05) is 38.8 Å². The first-order valence-electron chi connectivity index (χ1n) is 12.8.